The molecule has 0 saturated carbocycles. The first-order valence-corrected chi connectivity index (χ1v) is 12.9. The molecule has 0 spiro atoms. The van der Waals surface area contributed by atoms with Crippen LogP contribution in [0.2, 0.25) is 0 Å². The van der Waals surface area contributed by atoms with Crippen molar-refractivity contribution in [3.05, 3.63) is 59.7 Å². The summed E-state index contributed by atoms with van der Waals surface area (Å²) in [6.45, 7) is 3.48. The van der Waals surface area contributed by atoms with Crippen LogP contribution in [-0.4, -0.2) is 48.7 Å². The van der Waals surface area contributed by atoms with Gasteiger partial charge < -0.3 is 9.47 Å². The number of carbonyl (C=O) groups is 2. The molecule has 0 aromatic heterocycles. The molecule has 5 heteroatoms. The number of hydrogen-bond donors (Lipinski definition) is 0. The molecule has 2 aromatic rings. The van der Waals surface area contributed by atoms with Crippen molar-refractivity contribution in [2.45, 2.75) is 69.9 Å². The Labute approximate surface area is 202 Å². The van der Waals surface area contributed by atoms with Crippen molar-refractivity contribution < 1.29 is 19.1 Å². The molecule has 5 rings (SSSR count). The first kappa shape index (κ1) is 23.1. The Hall–Kier alpha value is -2.66. The van der Waals surface area contributed by atoms with Crippen LogP contribution in [0, 0.1) is 5.92 Å². The van der Waals surface area contributed by atoms with Gasteiger partial charge in [0.2, 0.25) is 0 Å². The molecular weight excluding hydrogens is 426 g/mol. The Bertz CT molecular complexity index is 975. The van der Waals surface area contributed by atoms with Crippen LogP contribution in [0.25, 0.3) is 11.1 Å². The zero-order chi connectivity index (χ0) is 23.5. The van der Waals surface area contributed by atoms with E-state index >= 15 is 0 Å². The van der Waals surface area contributed by atoms with Gasteiger partial charge in [-0.1, -0.05) is 74.7 Å². The molecule has 34 heavy (non-hydrogen) atoms. The number of nitrogens with zero attached hydrogens (tertiary/aromatic N) is 1. The normalized spacial score (nSPS) is 23.3. The van der Waals surface area contributed by atoms with Crippen LogP contribution in [0.1, 0.15) is 68.9 Å². The molecule has 2 unspecified atom stereocenters. The maximum Gasteiger partial charge on any atom is 0.410 e. The van der Waals surface area contributed by atoms with Gasteiger partial charge in [-0.3, -0.25) is 9.69 Å². The minimum Gasteiger partial charge on any atom is -0.448 e. The number of Topliss-reactive ketones (excluding diaryl/α,β-unsaturated/α-hetero) is 1. The summed E-state index contributed by atoms with van der Waals surface area (Å²) in [6.07, 6.45) is 6.23. The number of ether oxygens (including phenoxy) is 2. The van der Waals surface area contributed by atoms with Crippen molar-refractivity contribution in [1.29, 1.82) is 0 Å². The highest BCUT2D eigenvalue weighted by Crippen LogP contribution is 2.44. The maximum atomic E-state index is 13.3. The lowest BCUT2D eigenvalue weighted by atomic mass is 9.81. The zero-order valence-corrected chi connectivity index (χ0v) is 20.1. The summed E-state index contributed by atoms with van der Waals surface area (Å²) in [5, 5.41) is 0. The van der Waals surface area contributed by atoms with Crippen molar-refractivity contribution in [2.75, 3.05) is 19.8 Å². The SMILES string of the molecule is CCCCCCC(=O)C1CC2COCC(C1)N2C(=O)OCC1c2ccccc2-c2ccccc21. The number of ketones is 1. The Balaban J connectivity index is 1.23. The Morgan fingerprint density at radius 1 is 0.912 bits per heavy atom. The van der Waals surface area contributed by atoms with E-state index in [1.54, 1.807) is 0 Å². The summed E-state index contributed by atoms with van der Waals surface area (Å²) in [7, 11) is 0. The Morgan fingerprint density at radius 2 is 1.53 bits per heavy atom. The third-order valence-electron chi connectivity index (χ3n) is 7.80. The van der Waals surface area contributed by atoms with Crippen molar-refractivity contribution in [3.8, 4) is 11.1 Å². The molecule has 0 N–H and O–H groups in total. The predicted molar refractivity (Wildman–Crippen MR) is 132 cm³/mol. The largest absolute Gasteiger partial charge is 0.448 e. The topological polar surface area (TPSA) is 55.8 Å². The molecule has 2 saturated heterocycles. The van der Waals surface area contributed by atoms with Crippen molar-refractivity contribution in [1.82, 2.24) is 4.90 Å². The Morgan fingerprint density at radius 3 is 2.15 bits per heavy atom. The molecule has 1 aliphatic carbocycles. The first-order valence-electron chi connectivity index (χ1n) is 12.9. The number of carbonyl (C=O) groups excluding carboxylic acids is 2. The van der Waals surface area contributed by atoms with Crippen LogP contribution in [0.5, 0.6) is 0 Å². The average molecular weight is 462 g/mol. The summed E-state index contributed by atoms with van der Waals surface area (Å²) in [4.78, 5) is 28.0. The van der Waals surface area contributed by atoms with E-state index in [4.69, 9.17) is 9.47 Å². The molecular formula is C29H35NO4. The van der Waals surface area contributed by atoms with E-state index in [-0.39, 0.29) is 30.0 Å². The van der Waals surface area contributed by atoms with Gasteiger partial charge >= 0.3 is 6.09 Å². The number of hydrogen-bond acceptors (Lipinski definition) is 4. The number of unbranched alkanes of at least 4 members (excludes halogenated alkanes) is 3. The molecule has 2 aliphatic heterocycles. The van der Waals surface area contributed by atoms with Gasteiger partial charge in [-0.05, 0) is 41.5 Å². The fourth-order valence-corrected chi connectivity index (χ4v) is 6.07. The molecule has 2 fully saturated rings. The smallest absolute Gasteiger partial charge is 0.410 e. The van der Waals surface area contributed by atoms with Crippen LogP contribution >= 0.6 is 0 Å². The van der Waals surface area contributed by atoms with Gasteiger partial charge in [0.25, 0.3) is 0 Å². The molecule has 2 atom stereocenters. The molecule has 0 radical (unpaired) electrons. The summed E-state index contributed by atoms with van der Waals surface area (Å²) in [6, 6.07) is 16.6. The van der Waals surface area contributed by atoms with E-state index in [0.29, 0.717) is 44.9 Å². The lowest BCUT2D eigenvalue weighted by Crippen LogP contribution is -2.60. The van der Waals surface area contributed by atoms with E-state index < -0.39 is 0 Å². The number of amides is 1. The summed E-state index contributed by atoms with van der Waals surface area (Å²) >= 11 is 0. The van der Waals surface area contributed by atoms with Gasteiger partial charge in [-0.15, -0.1) is 0 Å². The highest BCUT2D eigenvalue weighted by Gasteiger charge is 2.44. The highest BCUT2D eigenvalue weighted by atomic mass is 16.6. The van der Waals surface area contributed by atoms with Gasteiger partial charge in [-0.25, -0.2) is 4.79 Å². The third kappa shape index (κ3) is 4.50. The number of rotatable bonds is 8. The molecule has 180 valence electrons. The van der Waals surface area contributed by atoms with Crippen molar-refractivity contribution >= 4 is 11.9 Å². The third-order valence-corrected chi connectivity index (χ3v) is 7.80. The van der Waals surface area contributed by atoms with E-state index in [1.807, 2.05) is 17.0 Å². The van der Waals surface area contributed by atoms with Crippen LogP contribution in [0.3, 0.4) is 0 Å². The number of fused-ring (bicyclic) bond motifs is 5. The molecule has 5 nitrogen and oxygen atoms in total. The van der Waals surface area contributed by atoms with Crippen LogP contribution in [0.4, 0.5) is 4.79 Å². The van der Waals surface area contributed by atoms with E-state index in [2.05, 4.69) is 43.3 Å². The lowest BCUT2D eigenvalue weighted by Gasteiger charge is -2.47. The summed E-state index contributed by atoms with van der Waals surface area (Å²) in [5.74, 6) is 0.452. The molecule has 2 bridgehead atoms. The van der Waals surface area contributed by atoms with E-state index in [9.17, 15) is 9.59 Å². The molecule has 1 amide bonds. The second-order valence-corrected chi connectivity index (χ2v) is 10.0. The zero-order valence-electron chi connectivity index (χ0n) is 20.1. The van der Waals surface area contributed by atoms with E-state index in [1.165, 1.54) is 35.1 Å². The van der Waals surface area contributed by atoms with Gasteiger partial charge in [0, 0.05) is 18.3 Å². The average Bonchev–Trinajstić information content (AvgIpc) is 3.18. The number of morpholine rings is 1. The maximum absolute atomic E-state index is 13.3. The highest BCUT2D eigenvalue weighted by molar-refractivity contribution is 5.82. The lowest BCUT2D eigenvalue weighted by molar-refractivity contribution is -0.131. The van der Waals surface area contributed by atoms with E-state index in [0.717, 1.165) is 12.8 Å². The minimum absolute atomic E-state index is 0.0400. The summed E-state index contributed by atoms with van der Waals surface area (Å²) in [5.41, 5.74) is 4.88. The first-order chi connectivity index (χ1) is 16.7. The molecule has 2 heterocycles. The van der Waals surface area contributed by atoms with Gasteiger partial charge in [-0.2, -0.15) is 0 Å². The second-order valence-electron chi connectivity index (χ2n) is 10.0. The predicted octanol–water partition coefficient (Wildman–Crippen LogP) is 5.95. The van der Waals surface area contributed by atoms with Gasteiger partial charge in [0.1, 0.15) is 12.4 Å². The molecule has 3 aliphatic rings. The number of piperidine rings is 1. The molecule has 2 aromatic carbocycles. The van der Waals surface area contributed by atoms with Crippen LogP contribution in [-0.2, 0) is 14.3 Å². The standard InChI is InChI=1S/C29H35NO4/c1-2-3-4-5-14-28(31)20-15-21-17-33-18-22(16-20)30(21)29(32)34-19-27-25-12-8-6-10-23(25)24-11-7-9-13-26(24)27/h6-13,20-22,27H,2-5,14-19H2,1H3. The Kier molecular flexibility index (Phi) is 7.00. The fraction of sp³-hybridized carbons (Fsp3) is 0.517. The monoisotopic (exact) mass is 461 g/mol. The quantitative estimate of drug-likeness (QED) is 0.456. The fourth-order valence-electron chi connectivity index (χ4n) is 6.07. The van der Waals surface area contributed by atoms with Gasteiger partial charge in [0.05, 0.1) is 25.3 Å². The second kappa shape index (κ2) is 10.3. The van der Waals surface area contributed by atoms with Crippen LogP contribution in [0.15, 0.2) is 48.5 Å². The minimum atomic E-state index is -0.269. The summed E-state index contributed by atoms with van der Waals surface area (Å²) < 4.78 is 11.7. The van der Waals surface area contributed by atoms with Crippen molar-refractivity contribution in [3.63, 3.8) is 0 Å². The number of benzene rings is 2. The van der Waals surface area contributed by atoms with Gasteiger partial charge in [0.15, 0.2) is 0 Å². The van der Waals surface area contributed by atoms with Crippen LogP contribution < -0.4 is 0 Å². The van der Waals surface area contributed by atoms with Crippen molar-refractivity contribution in [2.24, 2.45) is 5.92 Å².